The van der Waals surface area contributed by atoms with Gasteiger partial charge in [-0.1, -0.05) is 6.92 Å². The zero-order valence-corrected chi connectivity index (χ0v) is 18.8. The minimum atomic E-state index is -1.07. The molecule has 3 rings (SSSR count). The maximum Gasteiger partial charge on any atom is 0.339 e. The minimum absolute atomic E-state index is 0.0606. The molecule has 0 radical (unpaired) electrons. The number of hydrogen-bond acceptors (Lipinski definition) is 7. The second-order valence-corrected chi connectivity index (χ2v) is 7.23. The quantitative estimate of drug-likeness (QED) is 0.445. The van der Waals surface area contributed by atoms with Crippen molar-refractivity contribution in [2.75, 3.05) is 7.11 Å². The van der Waals surface area contributed by atoms with Gasteiger partial charge in [-0.3, -0.25) is 0 Å². The summed E-state index contributed by atoms with van der Waals surface area (Å²) in [5.74, 6) is -0.927. The van der Waals surface area contributed by atoms with Crippen LogP contribution in [0, 0.1) is 6.92 Å². The number of benzene rings is 2. The van der Waals surface area contributed by atoms with Crippen molar-refractivity contribution in [3.63, 3.8) is 0 Å². The third-order valence-electron chi connectivity index (χ3n) is 4.88. The molecule has 1 aliphatic carbocycles. The highest BCUT2D eigenvalue weighted by Gasteiger charge is 2.27. The molecular formula is C22H20N2O5S2. The van der Waals surface area contributed by atoms with Crippen LogP contribution in [0.15, 0.2) is 34.3 Å². The Morgan fingerprint density at radius 2 is 1.65 bits per heavy atom. The van der Waals surface area contributed by atoms with Gasteiger partial charge in [-0.05, 0) is 91.1 Å². The lowest BCUT2D eigenvalue weighted by Crippen LogP contribution is -2.05. The van der Waals surface area contributed by atoms with Crippen molar-refractivity contribution in [1.82, 2.24) is 0 Å². The van der Waals surface area contributed by atoms with Crippen molar-refractivity contribution < 1.29 is 24.5 Å². The molecule has 0 spiro atoms. The molecule has 0 saturated heterocycles. The van der Waals surface area contributed by atoms with Crippen molar-refractivity contribution >= 4 is 58.1 Å². The predicted octanol–water partition coefficient (Wildman–Crippen LogP) is 5.60. The molecule has 2 aromatic carbocycles. The first-order chi connectivity index (χ1) is 14.7. The Kier molecular flexibility index (Phi) is 8.30. The molecule has 0 aromatic heterocycles. The molecule has 1 aliphatic rings. The lowest BCUT2D eigenvalue weighted by Gasteiger charge is -2.15. The monoisotopic (exact) mass is 456 g/mol. The number of ether oxygens (including phenoxy) is 1. The smallest absolute Gasteiger partial charge is 0.339 e. The fourth-order valence-electron chi connectivity index (χ4n) is 3.67. The zero-order chi connectivity index (χ0) is 23.1. The molecule has 1 atom stereocenters. The Morgan fingerprint density at radius 3 is 2.10 bits per heavy atom. The standard InChI is InChI=1S/C13H16O3.C9H4N2O2S2/c1-7-4-5-9-11(7)8(2)6-10(13(14)15)12(9)16-3;12-9(13)6-1-7(10-4-14)3-8(2-6)11-5-15/h6-7H,4-5H2,1-3H3,(H,14,15);1-3H,(H,12,13). The first-order valence-electron chi connectivity index (χ1n) is 9.21. The van der Waals surface area contributed by atoms with Crippen LogP contribution in [0.5, 0.6) is 5.75 Å². The fraction of sp³-hybridized carbons (Fsp3) is 0.273. The van der Waals surface area contributed by atoms with Gasteiger partial charge in [-0.15, -0.1) is 0 Å². The first kappa shape index (κ1) is 24.1. The summed E-state index contributed by atoms with van der Waals surface area (Å²) < 4.78 is 5.27. The molecule has 0 amide bonds. The summed E-state index contributed by atoms with van der Waals surface area (Å²) in [5, 5.41) is 22.2. The molecule has 2 aromatic rings. The number of methoxy groups -OCH3 is 1. The highest BCUT2D eigenvalue weighted by Crippen LogP contribution is 2.42. The van der Waals surface area contributed by atoms with Crippen molar-refractivity contribution in [3.05, 3.63) is 52.1 Å². The van der Waals surface area contributed by atoms with Gasteiger partial charge in [0.1, 0.15) is 11.3 Å². The van der Waals surface area contributed by atoms with E-state index >= 15 is 0 Å². The van der Waals surface area contributed by atoms with E-state index < -0.39 is 11.9 Å². The maximum atomic E-state index is 11.1. The molecular weight excluding hydrogens is 436 g/mol. The third-order valence-corrected chi connectivity index (χ3v) is 5.07. The van der Waals surface area contributed by atoms with E-state index in [0.717, 1.165) is 24.0 Å². The molecule has 1 unspecified atom stereocenters. The van der Waals surface area contributed by atoms with Gasteiger partial charge in [0, 0.05) is 0 Å². The molecule has 0 fully saturated rings. The van der Waals surface area contributed by atoms with E-state index in [-0.39, 0.29) is 11.1 Å². The molecule has 9 heteroatoms. The molecule has 31 heavy (non-hydrogen) atoms. The Hall–Kier alpha value is -3.22. The molecule has 7 nitrogen and oxygen atoms in total. The van der Waals surface area contributed by atoms with Crippen LogP contribution in [0.25, 0.3) is 0 Å². The Bertz CT molecular complexity index is 1070. The summed E-state index contributed by atoms with van der Waals surface area (Å²) >= 11 is 8.84. The van der Waals surface area contributed by atoms with Gasteiger partial charge >= 0.3 is 11.9 Å². The van der Waals surface area contributed by atoms with E-state index in [2.05, 4.69) is 51.7 Å². The van der Waals surface area contributed by atoms with E-state index in [1.165, 1.54) is 23.8 Å². The summed E-state index contributed by atoms with van der Waals surface area (Å²) in [7, 11) is 1.54. The van der Waals surface area contributed by atoms with Crippen LogP contribution >= 0.6 is 24.4 Å². The number of aromatic carboxylic acids is 2. The summed E-state index contributed by atoms with van der Waals surface area (Å²) in [4.78, 5) is 29.2. The summed E-state index contributed by atoms with van der Waals surface area (Å²) in [5.41, 5.74) is 4.52. The highest BCUT2D eigenvalue weighted by atomic mass is 32.1. The minimum Gasteiger partial charge on any atom is -0.496 e. The van der Waals surface area contributed by atoms with Gasteiger partial charge in [-0.25, -0.2) is 9.59 Å². The van der Waals surface area contributed by atoms with Crippen LogP contribution in [0.1, 0.15) is 56.7 Å². The summed E-state index contributed by atoms with van der Waals surface area (Å²) in [6, 6.07) is 5.99. The van der Waals surface area contributed by atoms with Gasteiger partial charge in [0.2, 0.25) is 0 Å². The number of aryl methyl sites for hydroxylation is 1. The lowest BCUT2D eigenvalue weighted by molar-refractivity contribution is 0.0684. The van der Waals surface area contributed by atoms with Crippen LogP contribution in [-0.4, -0.2) is 39.6 Å². The van der Waals surface area contributed by atoms with E-state index in [0.29, 0.717) is 23.0 Å². The molecule has 2 N–H and O–H groups in total. The second-order valence-electron chi connectivity index (χ2n) is 6.86. The third kappa shape index (κ3) is 5.69. The average Bonchev–Trinajstić information content (AvgIpc) is 3.11. The first-order valence-corrected chi connectivity index (χ1v) is 10.0. The number of thiocarbonyl (C=S) groups is 2. The Labute approximate surface area is 190 Å². The van der Waals surface area contributed by atoms with E-state index in [1.54, 1.807) is 13.2 Å². The number of rotatable bonds is 5. The summed E-state index contributed by atoms with van der Waals surface area (Å²) in [6.45, 7) is 4.16. The van der Waals surface area contributed by atoms with E-state index in [9.17, 15) is 9.59 Å². The van der Waals surface area contributed by atoms with Gasteiger partial charge in [0.25, 0.3) is 0 Å². The topological polar surface area (TPSA) is 109 Å². The van der Waals surface area contributed by atoms with Crippen molar-refractivity contribution in [3.8, 4) is 5.75 Å². The Balaban J connectivity index is 0.000000221. The second kappa shape index (κ2) is 10.7. The number of nitrogens with zero attached hydrogens (tertiary/aromatic N) is 2. The number of carboxylic acids is 2. The zero-order valence-electron chi connectivity index (χ0n) is 17.1. The lowest BCUT2D eigenvalue weighted by atomic mass is 9.95. The van der Waals surface area contributed by atoms with Crippen LogP contribution in [-0.2, 0) is 6.42 Å². The van der Waals surface area contributed by atoms with Gasteiger partial charge in [0.05, 0.1) is 34.4 Å². The van der Waals surface area contributed by atoms with E-state index in [4.69, 9.17) is 14.9 Å². The number of aliphatic imine (C=N–C) groups is 2. The number of carboxylic acid groups (broad SMARTS) is 2. The predicted molar refractivity (Wildman–Crippen MR) is 124 cm³/mol. The van der Waals surface area contributed by atoms with Crippen LogP contribution in [0.3, 0.4) is 0 Å². The molecule has 0 heterocycles. The maximum absolute atomic E-state index is 11.1. The van der Waals surface area contributed by atoms with E-state index in [1.807, 2.05) is 6.92 Å². The SMILES string of the molecule is COc1c(C(=O)O)cc(C)c2c1CCC2C.O=C(O)c1cc(N=C=S)cc(N=C=S)c1. The normalized spacial score (nSPS) is 13.6. The fourth-order valence-corrected chi connectivity index (χ4v) is 3.88. The molecule has 0 aliphatic heterocycles. The van der Waals surface area contributed by atoms with Crippen molar-refractivity contribution in [2.45, 2.75) is 32.6 Å². The molecule has 160 valence electrons. The van der Waals surface area contributed by atoms with Gasteiger partial charge < -0.3 is 14.9 Å². The van der Waals surface area contributed by atoms with Crippen molar-refractivity contribution in [2.24, 2.45) is 9.98 Å². The molecule has 0 saturated carbocycles. The van der Waals surface area contributed by atoms with Crippen LogP contribution in [0.2, 0.25) is 0 Å². The Morgan fingerprint density at radius 1 is 1.06 bits per heavy atom. The van der Waals surface area contributed by atoms with Crippen LogP contribution < -0.4 is 4.74 Å². The summed E-state index contributed by atoms with van der Waals surface area (Å²) in [6.07, 6.45) is 2.00. The highest BCUT2D eigenvalue weighted by molar-refractivity contribution is 7.78. The van der Waals surface area contributed by atoms with Crippen LogP contribution in [0.4, 0.5) is 11.4 Å². The number of fused-ring (bicyclic) bond motifs is 1. The number of carbonyl (C=O) groups is 2. The number of hydrogen-bond donors (Lipinski definition) is 2. The van der Waals surface area contributed by atoms with Gasteiger partial charge in [-0.2, -0.15) is 9.98 Å². The average molecular weight is 457 g/mol. The number of isothiocyanates is 2. The van der Waals surface area contributed by atoms with Crippen molar-refractivity contribution in [1.29, 1.82) is 0 Å². The molecule has 0 bridgehead atoms. The van der Waals surface area contributed by atoms with Gasteiger partial charge in [0.15, 0.2) is 0 Å². The largest absolute Gasteiger partial charge is 0.496 e.